The molecule has 2 N–H and O–H groups in total. The molecular weight excluding hydrogens is 290 g/mol. The maximum absolute atomic E-state index is 10.9. The molecule has 0 radical (unpaired) electrons. The zero-order valence-corrected chi connectivity index (χ0v) is 12.5. The predicted molar refractivity (Wildman–Crippen MR) is 79.2 cm³/mol. The first-order chi connectivity index (χ1) is 9.79. The van der Waals surface area contributed by atoms with Crippen molar-refractivity contribution in [3.63, 3.8) is 0 Å². The molecule has 0 aliphatic rings. The summed E-state index contributed by atoms with van der Waals surface area (Å²) in [5.41, 5.74) is 0.976. The van der Waals surface area contributed by atoms with Gasteiger partial charge in [-0.15, -0.1) is 11.3 Å². The molecule has 1 aromatic carbocycles. The average Bonchev–Trinajstić information content (AvgIpc) is 2.89. The van der Waals surface area contributed by atoms with Crippen LogP contribution in [-0.2, 0) is 11.8 Å². The maximum Gasteiger partial charge on any atom is 0.355 e. The van der Waals surface area contributed by atoms with Gasteiger partial charge < -0.3 is 10.2 Å². The van der Waals surface area contributed by atoms with Crippen molar-refractivity contribution in [2.45, 2.75) is 25.7 Å². The maximum atomic E-state index is 10.9. The van der Waals surface area contributed by atoms with Gasteiger partial charge in [0.15, 0.2) is 5.69 Å². The minimum Gasteiger partial charge on any atom is -0.478 e. The van der Waals surface area contributed by atoms with E-state index in [1.807, 2.05) is 13.8 Å². The molecule has 0 atom stereocenters. The molecule has 2 aromatic rings. The zero-order chi connectivity index (χ0) is 15.6. The molecule has 6 heteroatoms. The van der Waals surface area contributed by atoms with Crippen molar-refractivity contribution in [3.05, 3.63) is 51.5 Å². The lowest BCUT2D eigenvalue weighted by Crippen LogP contribution is -2.20. The van der Waals surface area contributed by atoms with Gasteiger partial charge in [0.1, 0.15) is 0 Å². The fraction of sp³-hybridized carbons (Fsp3) is 0.267. The Morgan fingerprint density at radius 1 is 1.14 bits per heavy atom. The minimum absolute atomic E-state index is 0.0595. The Morgan fingerprint density at radius 2 is 1.76 bits per heavy atom. The first kappa shape index (κ1) is 15.2. The number of carboxylic acids is 2. The van der Waals surface area contributed by atoms with Crippen LogP contribution in [0.1, 0.15) is 45.3 Å². The normalized spacial score (nSPS) is 11.3. The summed E-state index contributed by atoms with van der Waals surface area (Å²) in [5.74, 6) is -1.98. The second kappa shape index (κ2) is 5.65. The Kier molecular flexibility index (Phi) is 4.09. The number of benzene rings is 1. The number of hydrogen-bond donors (Lipinski definition) is 2. The summed E-state index contributed by atoms with van der Waals surface area (Å²) in [6, 6.07) is 6.68. The van der Waals surface area contributed by atoms with Crippen LogP contribution in [0, 0.1) is 0 Å². The first-order valence-electron chi connectivity index (χ1n) is 6.31. The van der Waals surface area contributed by atoms with Gasteiger partial charge in [-0.1, -0.05) is 26.0 Å². The van der Waals surface area contributed by atoms with E-state index in [0.29, 0.717) is 6.42 Å². The van der Waals surface area contributed by atoms with E-state index in [9.17, 15) is 9.59 Å². The molecule has 21 heavy (non-hydrogen) atoms. The quantitative estimate of drug-likeness (QED) is 0.886. The minimum atomic E-state index is -1.03. The summed E-state index contributed by atoms with van der Waals surface area (Å²) >= 11 is 1.33. The standard InChI is InChI=1S/C15H15NO4S/c1-15(2,14-16-11(8-21-14)13(19)20)7-9-3-5-10(6-4-9)12(17)18/h3-6,8H,7H2,1-2H3,(H,17,18)(H,19,20). The van der Waals surface area contributed by atoms with E-state index in [1.165, 1.54) is 16.7 Å². The number of hydrogen-bond acceptors (Lipinski definition) is 4. The van der Waals surface area contributed by atoms with Gasteiger partial charge in [0, 0.05) is 10.8 Å². The second-order valence-electron chi connectivity index (χ2n) is 5.41. The monoisotopic (exact) mass is 305 g/mol. The van der Waals surface area contributed by atoms with E-state index in [1.54, 1.807) is 24.3 Å². The Bertz CT molecular complexity index is 673. The largest absolute Gasteiger partial charge is 0.478 e. The predicted octanol–water partition coefficient (Wildman–Crippen LogP) is 3.06. The van der Waals surface area contributed by atoms with Crippen molar-refractivity contribution >= 4 is 23.3 Å². The molecule has 1 heterocycles. The van der Waals surface area contributed by atoms with Crippen molar-refractivity contribution in [2.75, 3.05) is 0 Å². The van der Waals surface area contributed by atoms with Crippen LogP contribution in [0.4, 0.5) is 0 Å². The smallest absolute Gasteiger partial charge is 0.355 e. The summed E-state index contributed by atoms with van der Waals surface area (Å²) in [6.45, 7) is 3.98. The van der Waals surface area contributed by atoms with Gasteiger partial charge in [0.2, 0.25) is 0 Å². The van der Waals surface area contributed by atoms with Crippen LogP contribution in [0.3, 0.4) is 0 Å². The highest BCUT2D eigenvalue weighted by Crippen LogP contribution is 2.30. The second-order valence-corrected chi connectivity index (χ2v) is 6.26. The third-order valence-electron chi connectivity index (χ3n) is 3.15. The average molecular weight is 305 g/mol. The molecular formula is C15H15NO4S. The van der Waals surface area contributed by atoms with Gasteiger partial charge in [0.25, 0.3) is 0 Å². The Labute approximate surface area is 125 Å². The van der Waals surface area contributed by atoms with Crippen LogP contribution in [0.15, 0.2) is 29.6 Å². The third-order valence-corrected chi connectivity index (χ3v) is 4.36. The fourth-order valence-corrected chi connectivity index (χ4v) is 2.95. The van der Waals surface area contributed by atoms with Gasteiger partial charge in [-0.25, -0.2) is 14.6 Å². The highest BCUT2D eigenvalue weighted by molar-refractivity contribution is 7.10. The van der Waals surface area contributed by atoms with E-state index < -0.39 is 11.9 Å². The zero-order valence-electron chi connectivity index (χ0n) is 11.7. The first-order valence-corrected chi connectivity index (χ1v) is 7.19. The van der Waals surface area contributed by atoms with Crippen molar-refractivity contribution < 1.29 is 19.8 Å². The lowest BCUT2D eigenvalue weighted by molar-refractivity contribution is 0.0683. The van der Waals surface area contributed by atoms with Crippen LogP contribution in [0.5, 0.6) is 0 Å². The highest BCUT2D eigenvalue weighted by Gasteiger charge is 2.26. The Morgan fingerprint density at radius 3 is 2.24 bits per heavy atom. The summed E-state index contributed by atoms with van der Waals surface area (Å²) < 4.78 is 0. The van der Waals surface area contributed by atoms with Gasteiger partial charge >= 0.3 is 11.9 Å². The summed E-state index contributed by atoms with van der Waals surface area (Å²) in [6.07, 6.45) is 0.652. The molecule has 5 nitrogen and oxygen atoms in total. The SMILES string of the molecule is CC(C)(Cc1ccc(C(=O)O)cc1)c1nc(C(=O)O)cs1. The van der Waals surface area contributed by atoms with Crippen LogP contribution in [0.25, 0.3) is 0 Å². The van der Waals surface area contributed by atoms with E-state index in [2.05, 4.69) is 4.98 Å². The molecule has 0 aliphatic heterocycles. The molecule has 0 saturated carbocycles. The van der Waals surface area contributed by atoms with E-state index in [0.717, 1.165) is 10.6 Å². The van der Waals surface area contributed by atoms with Gasteiger partial charge in [-0.2, -0.15) is 0 Å². The molecule has 0 saturated heterocycles. The number of thiazole rings is 1. The van der Waals surface area contributed by atoms with Crippen LogP contribution < -0.4 is 0 Å². The molecule has 1 aromatic heterocycles. The van der Waals surface area contributed by atoms with Crippen molar-refractivity contribution in [1.29, 1.82) is 0 Å². The van der Waals surface area contributed by atoms with Crippen LogP contribution in [0.2, 0.25) is 0 Å². The fourth-order valence-electron chi connectivity index (χ4n) is 2.03. The number of aromatic nitrogens is 1. The molecule has 0 amide bonds. The number of nitrogens with zero attached hydrogens (tertiary/aromatic N) is 1. The number of rotatable bonds is 5. The number of carbonyl (C=O) groups is 2. The van der Waals surface area contributed by atoms with Gasteiger partial charge in [0.05, 0.1) is 10.6 Å². The summed E-state index contributed by atoms with van der Waals surface area (Å²) in [4.78, 5) is 25.9. The molecule has 0 spiro atoms. The molecule has 110 valence electrons. The molecule has 0 unspecified atom stereocenters. The molecule has 2 rings (SSSR count). The van der Waals surface area contributed by atoms with Crippen molar-refractivity contribution in [1.82, 2.24) is 4.98 Å². The topological polar surface area (TPSA) is 87.5 Å². The van der Waals surface area contributed by atoms with Gasteiger partial charge in [-0.05, 0) is 24.1 Å². The van der Waals surface area contributed by atoms with Crippen LogP contribution in [-0.4, -0.2) is 27.1 Å². The highest BCUT2D eigenvalue weighted by atomic mass is 32.1. The third kappa shape index (κ3) is 3.46. The lowest BCUT2D eigenvalue weighted by Gasteiger charge is -2.22. The summed E-state index contributed by atoms with van der Waals surface area (Å²) in [5, 5.41) is 20.1. The van der Waals surface area contributed by atoms with Crippen molar-refractivity contribution in [2.24, 2.45) is 0 Å². The summed E-state index contributed by atoms with van der Waals surface area (Å²) in [7, 11) is 0. The Balaban J connectivity index is 2.19. The van der Waals surface area contributed by atoms with Crippen LogP contribution >= 0.6 is 11.3 Å². The number of carboxylic acid groups (broad SMARTS) is 2. The molecule has 0 bridgehead atoms. The lowest BCUT2D eigenvalue weighted by atomic mass is 9.86. The molecule has 0 aliphatic carbocycles. The van der Waals surface area contributed by atoms with Gasteiger partial charge in [-0.3, -0.25) is 0 Å². The van der Waals surface area contributed by atoms with Crippen molar-refractivity contribution in [3.8, 4) is 0 Å². The molecule has 0 fully saturated rings. The van der Waals surface area contributed by atoms with E-state index >= 15 is 0 Å². The van der Waals surface area contributed by atoms with E-state index in [4.69, 9.17) is 10.2 Å². The Hall–Kier alpha value is -2.21. The number of aromatic carboxylic acids is 2. The van der Waals surface area contributed by atoms with E-state index in [-0.39, 0.29) is 16.7 Å².